The zero-order valence-electron chi connectivity index (χ0n) is 8.28. The molecule has 82 valence electrons. The van der Waals surface area contributed by atoms with Crippen molar-refractivity contribution in [2.24, 2.45) is 5.92 Å². The lowest BCUT2D eigenvalue weighted by molar-refractivity contribution is -0.117. The number of hydrogen-bond acceptors (Lipinski definition) is 2. The number of nitrogens with zero attached hydrogens (tertiary/aromatic N) is 2. The Morgan fingerprint density at radius 3 is 3.00 bits per heavy atom. The van der Waals surface area contributed by atoms with Crippen molar-refractivity contribution in [1.29, 1.82) is 0 Å². The number of rotatable bonds is 1. The molecule has 1 amide bonds. The van der Waals surface area contributed by atoms with E-state index in [1.807, 2.05) is 0 Å². The summed E-state index contributed by atoms with van der Waals surface area (Å²) in [6.45, 7) is 0.516. The van der Waals surface area contributed by atoms with Gasteiger partial charge < -0.3 is 0 Å². The summed E-state index contributed by atoms with van der Waals surface area (Å²) in [6.07, 6.45) is 7.21. The molecule has 0 saturated carbocycles. The molecule has 16 heavy (non-hydrogen) atoms. The Morgan fingerprint density at radius 1 is 1.69 bits per heavy atom. The number of pyridine rings is 1. The van der Waals surface area contributed by atoms with E-state index in [9.17, 15) is 4.79 Å². The Labute approximate surface area is 107 Å². The minimum atomic E-state index is -0.0307. The van der Waals surface area contributed by atoms with Crippen LogP contribution in [0.2, 0.25) is 5.02 Å². The fourth-order valence-corrected chi connectivity index (χ4v) is 2.48. The molecule has 3 nitrogen and oxygen atoms in total. The first-order valence-electron chi connectivity index (χ1n) is 4.69. The van der Waals surface area contributed by atoms with E-state index in [0.717, 1.165) is 0 Å². The van der Waals surface area contributed by atoms with E-state index in [2.05, 4.69) is 26.8 Å². The van der Waals surface area contributed by atoms with Gasteiger partial charge in [0, 0.05) is 25.1 Å². The van der Waals surface area contributed by atoms with Gasteiger partial charge in [-0.1, -0.05) is 11.6 Å². The molecule has 0 aliphatic carbocycles. The molecule has 0 bridgehead atoms. The molecule has 1 aliphatic rings. The van der Waals surface area contributed by atoms with E-state index in [-0.39, 0.29) is 11.8 Å². The molecule has 0 N–H and O–H groups in total. The molecule has 1 fully saturated rings. The number of carbonyl (C=O) groups excluding carboxylic acids is 1. The zero-order valence-corrected chi connectivity index (χ0v) is 10.6. The lowest BCUT2D eigenvalue weighted by atomic mass is 10.1. The van der Waals surface area contributed by atoms with Crippen molar-refractivity contribution in [2.45, 2.75) is 6.42 Å². The van der Waals surface area contributed by atoms with E-state index in [1.54, 1.807) is 11.0 Å². The first kappa shape index (κ1) is 11.4. The van der Waals surface area contributed by atoms with E-state index >= 15 is 0 Å². The maximum Gasteiger partial charge on any atom is 0.229 e. The van der Waals surface area contributed by atoms with Crippen molar-refractivity contribution >= 4 is 39.3 Å². The number of amides is 1. The Bertz CT molecular complexity index is 483. The van der Waals surface area contributed by atoms with Crippen LogP contribution in [-0.2, 0) is 4.79 Å². The van der Waals surface area contributed by atoms with E-state index < -0.39 is 0 Å². The van der Waals surface area contributed by atoms with Gasteiger partial charge in [-0.05, 0) is 22.0 Å². The third kappa shape index (κ3) is 2.06. The summed E-state index contributed by atoms with van der Waals surface area (Å²) in [5.41, 5.74) is 0. The van der Waals surface area contributed by atoms with Gasteiger partial charge in [0.15, 0.2) is 0 Å². The summed E-state index contributed by atoms with van der Waals surface area (Å²) < 4.78 is 0.700. The van der Waals surface area contributed by atoms with Crippen molar-refractivity contribution in [3.8, 4) is 12.3 Å². The average molecular weight is 300 g/mol. The molecule has 1 aliphatic heterocycles. The second-order valence-corrected chi connectivity index (χ2v) is 4.82. The Balaban J connectivity index is 2.32. The highest BCUT2D eigenvalue weighted by Gasteiger charge is 2.31. The molecule has 0 radical (unpaired) electrons. The Morgan fingerprint density at radius 2 is 2.44 bits per heavy atom. The Hall–Kier alpha value is -1.05. The largest absolute Gasteiger partial charge is 0.295 e. The van der Waals surface area contributed by atoms with Gasteiger partial charge in [0.1, 0.15) is 5.82 Å². The van der Waals surface area contributed by atoms with Gasteiger partial charge in [-0.25, -0.2) is 4.98 Å². The van der Waals surface area contributed by atoms with Crippen LogP contribution in [0.15, 0.2) is 16.7 Å². The molecular formula is C11H8BrClN2O. The number of terminal acetylenes is 1. The molecule has 1 unspecified atom stereocenters. The van der Waals surface area contributed by atoms with Gasteiger partial charge in [0.05, 0.1) is 9.50 Å². The van der Waals surface area contributed by atoms with Crippen LogP contribution in [0.25, 0.3) is 0 Å². The summed E-state index contributed by atoms with van der Waals surface area (Å²) in [5.74, 6) is 3.14. The second-order valence-electron chi connectivity index (χ2n) is 3.53. The van der Waals surface area contributed by atoms with Crippen LogP contribution in [0.5, 0.6) is 0 Å². The van der Waals surface area contributed by atoms with Crippen molar-refractivity contribution in [3.63, 3.8) is 0 Å². The van der Waals surface area contributed by atoms with E-state index in [4.69, 9.17) is 18.0 Å². The minimum absolute atomic E-state index is 0.00141. The zero-order chi connectivity index (χ0) is 11.7. The molecule has 0 spiro atoms. The quantitative estimate of drug-likeness (QED) is 0.747. The van der Waals surface area contributed by atoms with Gasteiger partial charge in [0.25, 0.3) is 0 Å². The van der Waals surface area contributed by atoms with Crippen molar-refractivity contribution in [2.75, 3.05) is 11.4 Å². The molecule has 1 aromatic rings. The average Bonchev–Trinajstić information content (AvgIpc) is 2.60. The molecule has 1 aromatic heterocycles. The van der Waals surface area contributed by atoms with Crippen molar-refractivity contribution in [3.05, 3.63) is 21.8 Å². The maximum atomic E-state index is 11.7. The molecular weight excluding hydrogens is 291 g/mol. The monoisotopic (exact) mass is 298 g/mol. The molecule has 5 heteroatoms. The topological polar surface area (TPSA) is 33.2 Å². The second kappa shape index (κ2) is 4.44. The molecule has 1 saturated heterocycles. The van der Waals surface area contributed by atoms with E-state index in [0.29, 0.717) is 28.3 Å². The molecule has 0 aromatic carbocycles. The van der Waals surface area contributed by atoms with Crippen molar-refractivity contribution in [1.82, 2.24) is 4.98 Å². The molecule has 1 atom stereocenters. The Kier molecular flexibility index (Phi) is 3.17. The predicted octanol–water partition coefficient (Wildman–Crippen LogP) is 2.48. The van der Waals surface area contributed by atoms with Crippen LogP contribution in [0.3, 0.4) is 0 Å². The number of halogens is 2. The summed E-state index contributed by atoms with van der Waals surface area (Å²) >= 11 is 9.12. The first-order chi connectivity index (χ1) is 7.61. The smallest absolute Gasteiger partial charge is 0.229 e. The fourth-order valence-electron chi connectivity index (χ4n) is 1.63. The van der Waals surface area contributed by atoms with Crippen LogP contribution in [0, 0.1) is 18.3 Å². The maximum absolute atomic E-state index is 11.7. The van der Waals surface area contributed by atoms with Crippen LogP contribution < -0.4 is 4.90 Å². The summed E-state index contributed by atoms with van der Waals surface area (Å²) in [4.78, 5) is 17.4. The van der Waals surface area contributed by atoms with Crippen LogP contribution in [-0.4, -0.2) is 17.4 Å². The van der Waals surface area contributed by atoms with Crippen LogP contribution in [0.4, 0.5) is 5.82 Å². The minimum Gasteiger partial charge on any atom is -0.295 e. The lowest BCUT2D eigenvalue weighted by Gasteiger charge is -2.16. The third-order valence-electron chi connectivity index (χ3n) is 2.40. The highest BCUT2D eigenvalue weighted by Crippen LogP contribution is 2.30. The van der Waals surface area contributed by atoms with Gasteiger partial charge >= 0.3 is 0 Å². The van der Waals surface area contributed by atoms with Crippen LogP contribution >= 0.6 is 27.5 Å². The lowest BCUT2D eigenvalue weighted by Crippen LogP contribution is -2.25. The van der Waals surface area contributed by atoms with Gasteiger partial charge in [0.2, 0.25) is 5.91 Å². The number of hydrogen-bond donors (Lipinski definition) is 0. The first-order valence-corrected chi connectivity index (χ1v) is 5.86. The van der Waals surface area contributed by atoms with Gasteiger partial charge in [-0.2, -0.15) is 0 Å². The number of anilines is 1. The number of carbonyl (C=O) groups is 1. The predicted molar refractivity (Wildman–Crippen MR) is 66.2 cm³/mol. The van der Waals surface area contributed by atoms with Crippen molar-refractivity contribution < 1.29 is 4.79 Å². The molecule has 2 rings (SSSR count). The SMILES string of the molecule is C#CC1CC(=O)N(c2ncc(Cl)cc2Br)C1. The summed E-state index contributed by atoms with van der Waals surface area (Å²) in [7, 11) is 0. The molecule has 2 heterocycles. The summed E-state index contributed by atoms with van der Waals surface area (Å²) in [5, 5.41) is 0.524. The van der Waals surface area contributed by atoms with Gasteiger partial charge in [-0.15, -0.1) is 12.3 Å². The van der Waals surface area contributed by atoms with E-state index in [1.165, 1.54) is 6.20 Å². The highest BCUT2D eigenvalue weighted by molar-refractivity contribution is 9.10. The van der Waals surface area contributed by atoms with Gasteiger partial charge in [-0.3, -0.25) is 9.69 Å². The fraction of sp³-hybridized carbons (Fsp3) is 0.273. The normalized spacial score (nSPS) is 19.9. The third-order valence-corrected chi connectivity index (χ3v) is 3.20. The summed E-state index contributed by atoms with van der Waals surface area (Å²) in [6, 6.07) is 1.71. The van der Waals surface area contributed by atoms with Crippen LogP contribution in [0.1, 0.15) is 6.42 Å². The number of aromatic nitrogens is 1. The highest BCUT2D eigenvalue weighted by atomic mass is 79.9. The standard InChI is InChI=1S/C11H8BrClN2O/c1-2-7-3-10(16)15(6-7)11-9(12)4-8(13)5-14-11/h1,4-5,7H,3,6H2.